The second-order valence-electron chi connectivity index (χ2n) is 2.94. The van der Waals surface area contributed by atoms with Crippen molar-refractivity contribution in [2.24, 2.45) is 10.8 Å². The fraction of sp³-hybridized carbons (Fsp3) is 0. The third-order valence-electron chi connectivity index (χ3n) is 1.75. The van der Waals surface area contributed by atoms with Crippen LogP contribution in [0.3, 0.4) is 0 Å². The summed E-state index contributed by atoms with van der Waals surface area (Å²) in [5.41, 5.74) is 7.10. The van der Waals surface area contributed by atoms with Gasteiger partial charge in [0, 0.05) is 4.47 Å². The molecule has 0 aliphatic carbocycles. The molecule has 0 unspecified atom stereocenters. The number of halogens is 4. The highest BCUT2D eigenvalue weighted by atomic mass is 79.9. The van der Waals surface area contributed by atoms with Gasteiger partial charge in [0.25, 0.3) is 0 Å². The molecule has 0 bridgehead atoms. The Balaban J connectivity index is 3.18. The normalized spacial score (nSPS) is 10.9. The van der Waals surface area contributed by atoms with Crippen molar-refractivity contribution in [1.29, 1.82) is 10.7 Å². The van der Waals surface area contributed by atoms with Gasteiger partial charge < -0.3 is 5.73 Å². The number of nitrogens with one attached hydrogen (secondary N) is 2. The average Bonchev–Trinajstić information content (AvgIpc) is 2.30. The smallest absolute Gasteiger partial charge is 0.201 e. The first-order valence-corrected chi connectivity index (χ1v) is 5.88. The Morgan fingerprint density at radius 2 is 2.11 bits per heavy atom. The second-order valence-corrected chi connectivity index (χ2v) is 4.59. The summed E-state index contributed by atoms with van der Waals surface area (Å²) in [6.07, 6.45) is 0. The van der Waals surface area contributed by atoms with Crippen LogP contribution in [-0.4, -0.2) is 11.5 Å². The average molecular weight is 381 g/mol. The highest BCUT2D eigenvalue weighted by molar-refractivity contribution is 9.11. The van der Waals surface area contributed by atoms with E-state index in [1.807, 2.05) is 0 Å². The molecule has 0 amide bonds. The largest absolute Gasteiger partial charge is 0.382 e. The van der Waals surface area contributed by atoms with Crippen LogP contribution in [0.15, 0.2) is 20.1 Å². The predicted molar refractivity (Wildman–Crippen MR) is 70.3 cm³/mol. The number of hydrogen-bond acceptors (Lipinski definition) is 4. The van der Waals surface area contributed by atoms with E-state index in [4.69, 9.17) is 16.4 Å². The fourth-order valence-corrected chi connectivity index (χ4v) is 2.17. The minimum absolute atomic E-state index is 0.0721. The molecule has 9 heteroatoms. The number of hydrogen-bond donors (Lipinski definition) is 3. The molecule has 0 aliphatic heterocycles. The van der Waals surface area contributed by atoms with E-state index in [0.29, 0.717) is 0 Å². The summed E-state index contributed by atoms with van der Waals surface area (Å²) in [4.78, 5) is 0. The van der Waals surface area contributed by atoms with Crippen molar-refractivity contribution >= 4 is 49.1 Å². The Bertz CT molecular complexity index is 579. The van der Waals surface area contributed by atoms with Crippen molar-refractivity contribution in [3.63, 3.8) is 0 Å². The van der Waals surface area contributed by atoms with E-state index in [2.05, 4.69) is 42.4 Å². The van der Waals surface area contributed by atoms with Crippen LogP contribution in [0, 0.1) is 28.4 Å². The van der Waals surface area contributed by atoms with Crippen molar-refractivity contribution in [3.05, 3.63) is 26.6 Å². The number of anilines is 1. The Morgan fingerprint density at radius 3 is 2.61 bits per heavy atom. The standard InChI is InChI=1S/C9H5Br2F2N5/c10-3-1-4(12)7(13)6(11)8(3)18-17-5(2-14)9(15)16/h1,18H,(H3,15,16)/b17-5+. The number of nitrogens with zero attached hydrogens (tertiary/aromatic N) is 2. The first kappa shape index (κ1) is 14.5. The molecule has 0 aromatic heterocycles. The molecule has 94 valence electrons. The molecular weight excluding hydrogens is 376 g/mol. The maximum atomic E-state index is 13.3. The van der Waals surface area contributed by atoms with Crippen LogP contribution in [0.2, 0.25) is 0 Å². The molecule has 0 fully saturated rings. The zero-order valence-electron chi connectivity index (χ0n) is 8.56. The van der Waals surface area contributed by atoms with Crippen LogP contribution in [0.5, 0.6) is 0 Å². The number of hydrazone groups is 1. The Hall–Kier alpha value is -1.53. The van der Waals surface area contributed by atoms with Gasteiger partial charge in [-0.1, -0.05) is 0 Å². The first-order valence-electron chi connectivity index (χ1n) is 4.29. The summed E-state index contributed by atoms with van der Waals surface area (Å²) in [5, 5.41) is 19.2. The van der Waals surface area contributed by atoms with Gasteiger partial charge in [-0.25, -0.2) is 8.78 Å². The van der Waals surface area contributed by atoms with E-state index in [-0.39, 0.29) is 20.3 Å². The summed E-state index contributed by atoms with van der Waals surface area (Å²) < 4.78 is 26.3. The molecule has 1 rings (SSSR count). The summed E-state index contributed by atoms with van der Waals surface area (Å²) in [5.74, 6) is -2.69. The Kier molecular flexibility index (Phi) is 4.75. The lowest BCUT2D eigenvalue weighted by Crippen LogP contribution is -2.22. The summed E-state index contributed by atoms with van der Waals surface area (Å²) in [6, 6.07) is 2.48. The van der Waals surface area contributed by atoms with Crippen LogP contribution in [0.25, 0.3) is 0 Å². The lowest BCUT2D eigenvalue weighted by atomic mass is 10.3. The number of nitriles is 1. The van der Waals surface area contributed by atoms with Crippen molar-refractivity contribution in [2.75, 3.05) is 5.43 Å². The quantitative estimate of drug-likeness (QED) is 0.247. The summed E-state index contributed by atoms with van der Waals surface area (Å²) in [6.45, 7) is 0. The van der Waals surface area contributed by atoms with Crippen LogP contribution in [-0.2, 0) is 0 Å². The Labute approximate surface area is 117 Å². The van der Waals surface area contributed by atoms with Gasteiger partial charge >= 0.3 is 0 Å². The van der Waals surface area contributed by atoms with Gasteiger partial charge in [-0.3, -0.25) is 10.8 Å². The molecule has 0 atom stereocenters. The fourth-order valence-electron chi connectivity index (χ4n) is 0.926. The maximum Gasteiger partial charge on any atom is 0.201 e. The molecule has 0 saturated heterocycles. The van der Waals surface area contributed by atoms with Crippen LogP contribution in [0.1, 0.15) is 0 Å². The van der Waals surface area contributed by atoms with Gasteiger partial charge in [-0.15, -0.1) is 0 Å². The monoisotopic (exact) mass is 379 g/mol. The third kappa shape index (κ3) is 3.02. The highest BCUT2D eigenvalue weighted by Crippen LogP contribution is 2.34. The van der Waals surface area contributed by atoms with Crippen molar-refractivity contribution in [2.45, 2.75) is 0 Å². The molecule has 18 heavy (non-hydrogen) atoms. The molecule has 0 heterocycles. The third-order valence-corrected chi connectivity index (χ3v) is 3.12. The lowest BCUT2D eigenvalue weighted by molar-refractivity contribution is 0.504. The predicted octanol–water partition coefficient (Wildman–Crippen LogP) is 2.72. The van der Waals surface area contributed by atoms with E-state index < -0.39 is 17.5 Å². The minimum atomic E-state index is -1.10. The van der Waals surface area contributed by atoms with E-state index in [0.717, 1.165) is 6.07 Å². The van der Waals surface area contributed by atoms with Gasteiger partial charge in [0.1, 0.15) is 6.07 Å². The van der Waals surface area contributed by atoms with Crippen molar-refractivity contribution < 1.29 is 8.78 Å². The van der Waals surface area contributed by atoms with Crippen LogP contribution < -0.4 is 11.2 Å². The minimum Gasteiger partial charge on any atom is -0.382 e. The second kappa shape index (κ2) is 5.88. The molecular formula is C9H5Br2F2N5. The first-order chi connectivity index (χ1) is 8.38. The van der Waals surface area contributed by atoms with Gasteiger partial charge in [-0.05, 0) is 37.9 Å². The van der Waals surface area contributed by atoms with Gasteiger partial charge in [-0.2, -0.15) is 10.4 Å². The van der Waals surface area contributed by atoms with E-state index in [9.17, 15) is 8.78 Å². The molecule has 1 aromatic rings. The molecule has 0 radical (unpaired) electrons. The van der Waals surface area contributed by atoms with Gasteiger partial charge in [0.15, 0.2) is 17.5 Å². The zero-order chi connectivity index (χ0) is 13.9. The van der Waals surface area contributed by atoms with Crippen LogP contribution >= 0.6 is 31.9 Å². The van der Waals surface area contributed by atoms with E-state index in [1.54, 1.807) is 6.07 Å². The lowest BCUT2D eigenvalue weighted by Gasteiger charge is -2.08. The number of amidine groups is 1. The number of benzene rings is 1. The summed E-state index contributed by atoms with van der Waals surface area (Å²) >= 11 is 5.85. The summed E-state index contributed by atoms with van der Waals surface area (Å²) in [7, 11) is 0. The van der Waals surface area contributed by atoms with Crippen LogP contribution in [0.4, 0.5) is 14.5 Å². The topological polar surface area (TPSA) is 98.0 Å². The van der Waals surface area contributed by atoms with Crippen molar-refractivity contribution in [1.82, 2.24) is 0 Å². The van der Waals surface area contributed by atoms with E-state index in [1.165, 1.54) is 0 Å². The maximum absolute atomic E-state index is 13.3. The van der Waals surface area contributed by atoms with Crippen molar-refractivity contribution in [3.8, 4) is 6.07 Å². The zero-order valence-corrected chi connectivity index (χ0v) is 11.7. The highest BCUT2D eigenvalue weighted by Gasteiger charge is 2.15. The van der Waals surface area contributed by atoms with Gasteiger partial charge in [0.05, 0.1) is 10.2 Å². The molecule has 0 spiro atoms. The van der Waals surface area contributed by atoms with E-state index >= 15 is 0 Å². The molecule has 0 aliphatic rings. The molecule has 1 aromatic carbocycles. The Morgan fingerprint density at radius 1 is 1.50 bits per heavy atom. The van der Waals surface area contributed by atoms with Gasteiger partial charge in [0.2, 0.25) is 5.71 Å². The molecule has 4 N–H and O–H groups in total. The number of nitrogens with two attached hydrogens (primary N) is 1. The molecule has 5 nitrogen and oxygen atoms in total. The molecule has 0 saturated carbocycles. The number of rotatable bonds is 3. The SMILES string of the molecule is N#C/C(=N\Nc1c(Br)cc(F)c(F)c1Br)C(=N)N.